The minimum Gasteiger partial charge on any atom is -0.616 e. The van der Waals surface area contributed by atoms with E-state index in [-0.39, 0.29) is 10.8 Å². The SMILES string of the molecule is CC[N+]1(CC(C)(C)CCC[S+]([O-])CCC[S+]([O-])CCCC(C)(C)C[N+]2(CC)CC(=S)NC2=S)CC(=S)NC1=S. The largest absolute Gasteiger partial charge is 0.616 e. The van der Waals surface area contributed by atoms with Gasteiger partial charge < -0.3 is 9.11 Å². The highest BCUT2D eigenvalue weighted by atomic mass is 32.2. The van der Waals surface area contributed by atoms with Crippen LogP contribution in [-0.4, -0.2) is 101 Å². The zero-order valence-corrected chi connectivity index (χ0v) is 29.7. The summed E-state index contributed by atoms with van der Waals surface area (Å²) in [5.41, 5.74) is 0.170. The summed E-state index contributed by atoms with van der Waals surface area (Å²) in [6, 6.07) is 0. The maximum atomic E-state index is 12.6. The van der Waals surface area contributed by atoms with Gasteiger partial charge in [-0.15, -0.1) is 0 Å². The average Bonchev–Trinajstić information content (AvgIpc) is 3.25. The molecule has 0 radical (unpaired) electrons. The monoisotopic (exact) mass is 654 g/mol. The van der Waals surface area contributed by atoms with Gasteiger partial charge in [-0.25, -0.2) is 0 Å². The molecule has 2 fully saturated rings. The van der Waals surface area contributed by atoms with Crippen LogP contribution in [-0.2, 0) is 22.4 Å². The van der Waals surface area contributed by atoms with E-state index in [1.165, 1.54) is 0 Å². The Morgan fingerprint density at radius 1 is 0.667 bits per heavy atom. The molecule has 2 saturated heterocycles. The molecule has 0 aromatic heterocycles. The molecule has 224 valence electrons. The summed E-state index contributed by atoms with van der Waals surface area (Å²) in [6.45, 7) is 18.7. The lowest BCUT2D eigenvalue weighted by Crippen LogP contribution is -2.54. The van der Waals surface area contributed by atoms with E-state index in [0.29, 0.717) is 23.0 Å². The average molecular weight is 655 g/mol. The quantitative estimate of drug-likeness (QED) is 0.126. The fourth-order valence-corrected chi connectivity index (χ4v) is 10.1. The smallest absolute Gasteiger partial charge is 0.275 e. The van der Waals surface area contributed by atoms with Crippen LogP contribution < -0.4 is 10.6 Å². The Labute approximate surface area is 265 Å². The van der Waals surface area contributed by atoms with Crippen LogP contribution in [0.15, 0.2) is 0 Å². The van der Waals surface area contributed by atoms with Crippen molar-refractivity contribution in [3.63, 3.8) is 0 Å². The highest BCUT2D eigenvalue weighted by Crippen LogP contribution is 2.31. The van der Waals surface area contributed by atoms with E-state index in [0.717, 1.165) is 101 Å². The zero-order valence-electron chi connectivity index (χ0n) is 24.8. The van der Waals surface area contributed by atoms with Crippen molar-refractivity contribution in [1.29, 1.82) is 0 Å². The Morgan fingerprint density at radius 3 is 1.28 bits per heavy atom. The second-order valence-corrected chi connectivity index (χ2v) is 18.0. The maximum Gasteiger partial charge on any atom is 0.275 e. The molecule has 0 amide bonds. The summed E-state index contributed by atoms with van der Waals surface area (Å²) < 4.78 is 26.7. The van der Waals surface area contributed by atoms with Gasteiger partial charge in [-0.05, 0) is 39.5 Å². The molecule has 0 bridgehead atoms. The van der Waals surface area contributed by atoms with Crippen molar-refractivity contribution in [2.75, 3.05) is 62.3 Å². The molecule has 2 heterocycles. The second-order valence-electron chi connectivity index (χ2n) is 12.8. The Balaban J connectivity index is 1.63. The lowest BCUT2D eigenvalue weighted by atomic mass is 9.86. The number of hydrogen-bond donors (Lipinski definition) is 2. The highest BCUT2D eigenvalue weighted by molar-refractivity contribution is 7.92. The molecule has 0 saturated carbocycles. The zero-order chi connectivity index (χ0) is 29.5. The van der Waals surface area contributed by atoms with Gasteiger partial charge in [0.05, 0.1) is 26.2 Å². The molecule has 0 spiro atoms. The number of nitrogens with zero attached hydrogens (tertiary/aromatic N) is 2. The first-order valence-electron chi connectivity index (χ1n) is 14.2. The van der Waals surface area contributed by atoms with Crippen LogP contribution in [0.4, 0.5) is 0 Å². The van der Waals surface area contributed by atoms with Crippen LogP contribution in [0, 0.1) is 10.8 Å². The molecule has 4 atom stereocenters. The van der Waals surface area contributed by atoms with Gasteiger partial charge >= 0.3 is 0 Å². The van der Waals surface area contributed by atoms with Crippen molar-refractivity contribution in [1.82, 2.24) is 10.6 Å². The minimum absolute atomic E-state index is 0.0852. The van der Waals surface area contributed by atoms with Crippen LogP contribution >= 0.6 is 48.9 Å². The topological polar surface area (TPSA) is 70.2 Å². The van der Waals surface area contributed by atoms with Crippen molar-refractivity contribution in [2.45, 2.75) is 73.6 Å². The summed E-state index contributed by atoms with van der Waals surface area (Å²) in [4.78, 5) is 1.67. The molecule has 2 aliphatic rings. The normalized spacial score (nSPS) is 25.6. The molecular weight excluding hydrogens is 605 g/mol. The Morgan fingerprint density at radius 2 is 1.00 bits per heavy atom. The van der Waals surface area contributed by atoms with Crippen LogP contribution in [0.5, 0.6) is 0 Å². The first-order valence-corrected chi connectivity index (χ1v) is 18.8. The predicted molar refractivity (Wildman–Crippen MR) is 184 cm³/mol. The second kappa shape index (κ2) is 15.3. The number of quaternary nitrogens is 2. The minimum atomic E-state index is -0.864. The molecule has 6 nitrogen and oxygen atoms in total. The van der Waals surface area contributed by atoms with Crippen LogP contribution in [0.2, 0.25) is 0 Å². The Bertz CT molecular complexity index is 832. The summed E-state index contributed by atoms with van der Waals surface area (Å²) in [5, 5.41) is 8.02. The third kappa shape index (κ3) is 10.9. The summed E-state index contributed by atoms with van der Waals surface area (Å²) in [5.74, 6) is 2.68. The van der Waals surface area contributed by atoms with E-state index in [4.69, 9.17) is 48.9 Å². The fraction of sp³-hybridized carbons (Fsp3) is 0.852. The standard InChI is InChI=1S/C27H48N4O2S6/c1-7-30(18-22(34)28-24(30)36)20-26(3,4)12-9-14-38(32)16-11-17-39(33)15-10-13-27(5,6)21-31(8-2)19-23(35)29-25(31)37/h7-21H2,1-6H3/p+2. The number of hydrogen-bond acceptors (Lipinski definition) is 6. The molecule has 0 aromatic rings. The van der Waals surface area contributed by atoms with Gasteiger partial charge in [-0.2, -0.15) is 0 Å². The molecule has 2 N–H and O–H groups in total. The highest BCUT2D eigenvalue weighted by Gasteiger charge is 2.45. The molecule has 0 aliphatic carbocycles. The first kappa shape index (κ1) is 35.7. The molecular formula is C27H50N4O2S6+2. The number of likely N-dealkylation sites (N-methyl/N-ethyl adjacent to an activating group) is 2. The van der Waals surface area contributed by atoms with Gasteiger partial charge in [-0.1, -0.05) is 74.5 Å². The van der Waals surface area contributed by atoms with Gasteiger partial charge in [0.1, 0.15) is 46.1 Å². The van der Waals surface area contributed by atoms with E-state index < -0.39 is 22.4 Å². The van der Waals surface area contributed by atoms with Gasteiger partial charge in [0, 0.05) is 41.7 Å². The van der Waals surface area contributed by atoms with E-state index in [1.807, 2.05) is 0 Å². The predicted octanol–water partition coefficient (Wildman–Crippen LogP) is 4.59. The van der Waals surface area contributed by atoms with E-state index in [1.54, 1.807) is 0 Å². The van der Waals surface area contributed by atoms with E-state index in [9.17, 15) is 9.11 Å². The molecule has 0 aromatic carbocycles. The Kier molecular flexibility index (Phi) is 14.0. The van der Waals surface area contributed by atoms with Crippen LogP contribution in [0.3, 0.4) is 0 Å². The molecule has 2 aliphatic heterocycles. The van der Waals surface area contributed by atoms with Gasteiger partial charge in [0.15, 0.2) is 0 Å². The molecule has 39 heavy (non-hydrogen) atoms. The Hall–Kier alpha value is 0.500. The van der Waals surface area contributed by atoms with Crippen molar-refractivity contribution < 1.29 is 18.1 Å². The molecule has 4 unspecified atom stereocenters. The number of thiocarbonyl (C=S) groups is 4. The van der Waals surface area contributed by atoms with Gasteiger partial charge in [-0.3, -0.25) is 19.6 Å². The molecule has 2 rings (SSSR count). The van der Waals surface area contributed by atoms with Crippen LogP contribution in [0.25, 0.3) is 0 Å². The third-order valence-corrected chi connectivity index (χ3v) is 12.5. The van der Waals surface area contributed by atoms with Gasteiger partial charge in [0.2, 0.25) is 0 Å². The number of rotatable bonds is 18. The van der Waals surface area contributed by atoms with Crippen molar-refractivity contribution in [2.24, 2.45) is 10.8 Å². The number of nitrogens with one attached hydrogen (secondary N) is 2. The first-order chi connectivity index (χ1) is 18.1. The fourth-order valence-electron chi connectivity index (χ4n) is 6.04. The lowest BCUT2D eigenvalue weighted by Gasteiger charge is -2.37. The third-order valence-electron chi connectivity index (χ3n) is 8.11. The van der Waals surface area contributed by atoms with Gasteiger partial charge in [0.25, 0.3) is 10.2 Å². The van der Waals surface area contributed by atoms with Crippen molar-refractivity contribution >= 4 is 91.4 Å². The summed E-state index contributed by atoms with van der Waals surface area (Å²) >= 11 is 20.2. The lowest BCUT2D eigenvalue weighted by molar-refractivity contribution is -0.832. The van der Waals surface area contributed by atoms with E-state index in [2.05, 4.69) is 52.2 Å². The molecule has 12 heteroatoms. The maximum absolute atomic E-state index is 12.6. The van der Waals surface area contributed by atoms with E-state index >= 15 is 0 Å². The van der Waals surface area contributed by atoms with Crippen molar-refractivity contribution in [3.05, 3.63) is 0 Å². The van der Waals surface area contributed by atoms with Crippen molar-refractivity contribution in [3.8, 4) is 0 Å². The summed E-state index contributed by atoms with van der Waals surface area (Å²) in [6.07, 6.45) is 4.61. The summed E-state index contributed by atoms with van der Waals surface area (Å²) in [7, 11) is 0. The van der Waals surface area contributed by atoms with Crippen LogP contribution in [0.1, 0.15) is 73.6 Å².